The number of allylic oxidation sites excluding steroid dienone is 2. The summed E-state index contributed by atoms with van der Waals surface area (Å²) in [6.45, 7) is 7.42. The van der Waals surface area contributed by atoms with Crippen LogP contribution in [0.2, 0.25) is 0 Å². The minimum atomic E-state index is -0.563. The fraction of sp³-hybridized carbons (Fsp3) is 0.440. The van der Waals surface area contributed by atoms with Crippen molar-refractivity contribution in [3.8, 4) is 0 Å². The standard InChI is InChI=1S/C25H32N6O3/c1-16(2)11-13-30-21-22(27-24(30)29-12-5-6-19(26)14-29)28(4)25(34)31(23(21)33)15-20(32)18-9-7-17(3)8-10-18/h7-11,19H,5-6,12-15,26H2,1-4H3. The van der Waals surface area contributed by atoms with Gasteiger partial charge in [-0.1, -0.05) is 41.5 Å². The molecule has 1 aromatic carbocycles. The summed E-state index contributed by atoms with van der Waals surface area (Å²) in [6.07, 6.45) is 3.89. The Morgan fingerprint density at radius 3 is 2.53 bits per heavy atom. The molecule has 9 nitrogen and oxygen atoms in total. The number of imidazole rings is 1. The number of Topliss-reactive ketones (excluding diaryl/α,β-unsaturated/α-hetero) is 1. The second-order valence-corrected chi connectivity index (χ2v) is 9.35. The summed E-state index contributed by atoms with van der Waals surface area (Å²) in [7, 11) is 1.58. The van der Waals surface area contributed by atoms with Gasteiger partial charge in [0.05, 0.1) is 6.54 Å². The molecule has 1 fully saturated rings. The van der Waals surface area contributed by atoms with Gasteiger partial charge in [0.1, 0.15) is 0 Å². The number of aromatic nitrogens is 4. The fourth-order valence-electron chi connectivity index (χ4n) is 4.35. The van der Waals surface area contributed by atoms with Gasteiger partial charge in [0.15, 0.2) is 16.9 Å². The van der Waals surface area contributed by atoms with Crippen molar-refractivity contribution in [1.82, 2.24) is 18.7 Å². The second-order valence-electron chi connectivity index (χ2n) is 9.35. The molecular formula is C25H32N6O3. The third kappa shape index (κ3) is 4.48. The minimum Gasteiger partial charge on any atom is -0.341 e. The molecule has 0 saturated carbocycles. The summed E-state index contributed by atoms with van der Waals surface area (Å²) < 4.78 is 4.21. The van der Waals surface area contributed by atoms with Crippen molar-refractivity contribution in [2.75, 3.05) is 18.0 Å². The first-order valence-corrected chi connectivity index (χ1v) is 11.6. The van der Waals surface area contributed by atoms with Crippen LogP contribution in [0, 0.1) is 6.92 Å². The molecule has 0 bridgehead atoms. The Bertz CT molecular complexity index is 1370. The highest BCUT2D eigenvalue weighted by molar-refractivity contribution is 5.96. The van der Waals surface area contributed by atoms with Gasteiger partial charge in [-0.15, -0.1) is 0 Å². The van der Waals surface area contributed by atoms with Gasteiger partial charge in [-0.3, -0.25) is 18.7 Å². The van der Waals surface area contributed by atoms with E-state index < -0.39 is 11.2 Å². The van der Waals surface area contributed by atoms with Crippen LogP contribution in [0.5, 0.6) is 0 Å². The lowest BCUT2D eigenvalue weighted by molar-refractivity contribution is 0.0969. The average Bonchev–Trinajstić information content (AvgIpc) is 3.19. The molecule has 1 atom stereocenters. The molecule has 2 N–H and O–H groups in total. The van der Waals surface area contributed by atoms with Gasteiger partial charge in [-0.2, -0.15) is 4.98 Å². The Balaban J connectivity index is 1.87. The van der Waals surface area contributed by atoms with Crippen LogP contribution in [-0.4, -0.2) is 43.6 Å². The molecule has 0 spiro atoms. The van der Waals surface area contributed by atoms with Crippen molar-refractivity contribution in [3.05, 3.63) is 67.9 Å². The molecule has 34 heavy (non-hydrogen) atoms. The number of hydrogen-bond donors (Lipinski definition) is 1. The van der Waals surface area contributed by atoms with Crippen molar-refractivity contribution < 1.29 is 4.79 Å². The molecule has 0 radical (unpaired) electrons. The number of carbonyl (C=O) groups excluding carboxylic acids is 1. The van der Waals surface area contributed by atoms with E-state index in [1.807, 2.05) is 43.5 Å². The zero-order valence-electron chi connectivity index (χ0n) is 20.2. The minimum absolute atomic E-state index is 0.0260. The molecule has 3 heterocycles. The van der Waals surface area contributed by atoms with Crippen molar-refractivity contribution in [1.29, 1.82) is 0 Å². The Morgan fingerprint density at radius 1 is 1.18 bits per heavy atom. The van der Waals surface area contributed by atoms with E-state index in [0.717, 1.165) is 35.1 Å². The predicted molar refractivity (Wildman–Crippen MR) is 134 cm³/mol. The molecule has 1 unspecified atom stereocenters. The predicted octanol–water partition coefficient (Wildman–Crippen LogP) is 1.98. The van der Waals surface area contributed by atoms with Crippen LogP contribution in [0.1, 0.15) is 42.6 Å². The number of rotatable bonds is 6. The second kappa shape index (κ2) is 9.42. The van der Waals surface area contributed by atoms with Gasteiger partial charge in [0, 0.05) is 38.3 Å². The lowest BCUT2D eigenvalue weighted by Gasteiger charge is -2.31. The third-order valence-corrected chi connectivity index (χ3v) is 6.31. The van der Waals surface area contributed by atoms with Gasteiger partial charge in [-0.05, 0) is 33.6 Å². The van der Waals surface area contributed by atoms with Crippen molar-refractivity contribution in [3.63, 3.8) is 0 Å². The Labute approximate surface area is 198 Å². The number of hydrogen-bond acceptors (Lipinski definition) is 6. The van der Waals surface area contributed by atoms with Crippen LogP contribution in [0.15, 0.2) is 45.5 Å². The van der Waals surface area contributed by atoms with Gasteiger partial charge in [0.25, 0.3) is 5.56 Å². The van der Waals surface area contributed by atoms with E-state index in [0.29, 0.717) is 35.8 Å². The quantitative estimate of drug-likeness (QED) is 0.441. The maximum atomic E-state index is 13.6. The molecule has 1 aliphatic heterocycles. The first-order valence-electron chi connectivity index (χ1n) is 11.6. The Hall–Kier alpha value is -3.46. The number of carbonyl (C=O) groups is 1. The average molecular weight is 465 g/mol. The molecule has 0 aliphatic carbocycles. The van der Waals surface area contributed by atoms with E-state index in [1.165, 1.54) is 4.57 Å². The molecular weight excluding hydrogens is 432 g/mol. The normalized spacial score (nSPS) is 16.1. The van der Waals surface area contributed by atoms with Crippen LogP contribution in [0.3, 0.4) is 0 Å². The van der Waals surface area contributed by atoms with E-state index in [9.17, 15) is 14.4 Å². The Kier molecular flexibility index (Phi) is 6.56. The lowest BCUT2D eigenvalue weighted by atomic mass is 10.1. The zero-order chi connectivity index (χ0) is 24.6. The van der Waals surface area contributed by atoms with Gasteiger partial charge in [-0.25, -0.2) is 4.79 Å². The molecule has 1 aliphatic rings. The summed E-state index contributed by atoms with van der Waals surface area (Å²) in [5, 5.41) is 0. The number of anilines is 1. The van der Waals surface area contributed by atoms with Crippen LogP contribution in [0.25, 0.3) is 11.2 Å². The number of piperidine rings is 1. The van der Waals surface area contributed by atoms with E-state index in [1.54, 1.807) is 19.2 Å². The van der Waals surface area contributed by atoms with Crippen LogP contribution in [-0.2, 0) is 20.1 Å². The van der Waals surface area contributed by atoms with Crippen LogP contribution < -0.4 is 21.9 Å². The van der Waals surface area contributed by atoms with Crippen molar-refractivity contribution >= 4 is 22.9 Å². The summed E-state index contributed by atoms with van der Waals surface area (Å²) >= 11 is 0. The molecule has 9 heteroatoms. The maximum Gasteiger partial charge on any atom is 0.332 e. The zero-order valence-corrected chi connectivity index (χ0v) is 20.2. The monoisotopic (exact) mass is 464 g/mol. The number of fused-ring (bicyclic) bond motifs is 1. The number of benzene rings is 1. The van der Waals surface area contributed by atoms with E-state index in [4.69, 9.17) is 10.7 Å². The number of ketones is 1. The van der Waals surface area contributed by atoms with Gasteiger partial charge in [0.2, 0.25) is 5.95 Å². The molecule has 180 valence electrons. The maximum absolute atomic E-state index is 13.6. The highest BCUT2D eigenvalue weighted by Crippen LogP contribution is 2.23. The smallest absolute Gasteiger partial charge is 0.332 e. The molecule has 4 rings (SSSR count). The Morgan fingerprint density at radius 2 is 1.88 bits per heavy atom. The SMILES string of the molecule is CC(C)=CCn1c(N2CCCC(N)C2)nc2c1c(=O)n(CC(=O)c1ccc(C)cc1)c(=O)n2C. The first-order chi connectivity index (χ1) is 16.2. The van der Waals surface area contributed by atoms with E-state index in [-0.39, 0.29) is 18.4 Å². The first kappa shape index (κ1) is 23.7. The van der Waals surface area contributed by atoms with Crippen molar-refractivity contribution in [2.24, 2.45) is 12.8 Å². The topological polar surface area (TPSA) is 108 Å². The number of nitrogens with two attached hydrogens (primary N) is 1. The summed E-state index contributed by atoms with van der Waals surface area (Å²) in [5.41, 5.74) is 8.34. The highest BCUT2D eigenvalue weighted by Gasteiger charge is 2.26. The van der Waals surface area contributed by atoms with Crippen LogP contribution >= 0.6 is 0 Å². The largest absolute Gasteiger partial charge is 0.341 e. The van der Waals surface area contributed by atoms with E-state index in [2.05, 4.69) is 4.90 Å². The molecule has 0 amide bonds. The number of nitrogens with zero attached hydrogens (tertiary/aromatic N) is 5. The third-order valence-electron chi connectivity index (χ3n) is 6.31. The van der Waals surface area contributed by atoms with Gasteiger partial charge >= 0.3 is 5.69 Å². The number of aryl methyl sites for hydroxylation is 2. The molecule has 3 aromatic rings. The summed E-state index contributed by atoms with van der Waals surface area (Å²) in [4.78, 5) is 46.5. The fourth-order valence-corrected chi connectivity index (χ4v) is 4.35. The molecule has 1 saturated heterocycles. The van der Waals surface area contributed by atoms with Gasteiger partial charge < -0.3 is 15.2 Å². The van der Waals surface area contributed by atoms with Crippen LogP contribution in [0.4, 0.5) is 5.95 Å². The summed E-state index contributed by atoms with van der Waals surface area (Å²) in [6, 6.07) is 7.12. The van der Waals surface area contributed by atoms with E-state index >= 15 is 0 Å². The molecule has 2 aromatic heterocycles. The van der Waals surface area contributed by atoms with Crippen molar-refractivity contribution in [2.45, 2.75) is 52.7 Å². The lowest BCUT2D eigenvalue weighted by Crippen LogP contribution is -2.44. The summed E-state index contributed by atoms with van der Waals surface area (Å²) in [5.74, 6) is 0.327. The highest BCUT2D eigenvalue weighted by atomic mass is 16.2.